The van der Waals surface area contributed by atoms with Crippen molar-refractivity contribution in [2.45, 2.75) is 13.8 Å². The maximum absolute atomic E-state index is 12.6. The fourth-order valence-electron chi connectivity index (χ4n) is 4.29. The number of aromatic nitrogens is 3. The molecule has 13 heteroatoms. The highest BCUT2D eigenvalue weighted by atomic mass is 16.5. The molecule has 1 aliphatic rings. The Morgan fingerprint density at radius 3 is 2.26 bits per heavy atom. The Morgan fingerprint density at radius 2 is 1.64 bits per heavy atom. The Hall–Kier alpha value is -4.33. The van der Waals surface area contributed by atoms with E-state index in [1.807, 2.05) is 26.0 Å². The van der Waals surface area contributed by atoms with E-state index >= 15 is 0 Å². The first-order valence-electron chi connectivity index (χ1n) is 14.2. The molecule has 0 aliphatic carbocycles. The number of hydrogen-bond donors (Lipinski definition) is 4. The van der Waals surface area contributed by atoms with Crippen LogP contribution in [0.15, 0.2) is 48.5 Å². The second kappa shape index (κ2) is 15.6. The molecule has 1 aliphatic heterocycles. The zero-order valence-corrected chi connectivity index (χ0v) is 24.1. The van der Waals surface area contributed by atoms with Crippen LogP contribution in [0.1, 0.15) is 24.2 Å². The molecular formula is C29H39N9O4. The van der Waals surface area contributed by atoms with E-state index in [2.05, 4.69) is 30.8 Å². The van der Waals surface area contributed by atoms with E-state index in [1.165, 1.54) is 0 Å². The molecule has 1 saturated heterocycles. The highest BCUT2D eigenvalue weighted by molar-refractivity contribution is 6.00. The summed E-state index contributed by atoms with van der Waals surface area (Å²) in [5.74, 6) is 1.47. The van der Waals surface area contributed by atoms with Crippen molar-refractivity contribution in [2.24, 2.45) is 5.73 Å². The molecule has 2 aromatic carbocycles. The van der Waals surface area contributed by atoms with E-state index in [-0.39, 0.29) is 5.91 Å². The zero-order chi connectivity index (χ0) is 29.7. The van der Waals surface area contributed by atoms with Crippen molar-refractivity contribution in [3.8, 4) is 11.4 Å². The quantitative estimate of drug-likeness (QED) is 0.222. The summed E-state index contributed by atoms with van der Waals surface area (Å²) in [5.41, 5.74) is 8.07. The van der Waals surface area contributed by atoms with Gasteiger partial charge < -0.3 is 41.0 Å². The van der Waals surface area contributed by atoms with E-state index in [0.29, 0.717) is 100 Å². The van der Waals surface area contributed by atoms with E-state index in [1.54, 1.807) is 41.3 Å². The lowest BCUT2D eigenvalue weighted by Gasteiger charge is -2.27. The number of urea groups is 1. The van der Waals surface area contributed by atoms with Gasteiger partial charge in [-0.05, 0) is 62.4 Å². The Balaban J connectivity index is 1.40. The highest BCUT2D eigenvalue weighted by Gasteiger charge is 2.18. The number of nitrogens with one attached hydrogen (secondary N) is 3. The minimum Gasteiger partial charge on any atom is -0.380 e. The van der Waals surface area contributed by atoms with Crippen molar-refractivity contribution in [3.63, 3.8) is 0 Å². The van der Waals surface area contributed by atoms with Crippen LogP contribution < -0.4 is 26.6 Å². The van der Waals surface area contributed by atoms with Gasteiger partial charge in [-0.1, -0.05) is 0 Å². The van der Waals surface area contributed by atoms with Crippen LogP contribution in [-0.4, -0.2) is 97.5 Å². The van der Waals surface area contributed by atoms with Gasteiger partial charge in [0.1, 0.15) is 0 Å². The molecule has 1 fully saturated rings. The standard InChI is InChI=1S/C29H39N9O4/c1-3-37(15-13-30)26(39)22-7-11-24(12-8-22)33-29(40)32-23-9-5-21(6-10-23)25-34-27(31-14-18-41-4-2)36-28(35-25)38-16-19-42-20-17-38/h5-12H,3-4,13-20,30H2,1-2H3,(H2,32,33,40)(H,31,34,35,36). The van der Waals surface area contributed by atoms with Crippen molar-refractivity contribution in [1.82, 2.24) is 19.9 Å². The van der Waals surface area contributed by atoms with Crippen LogP contribution in [0.4, 0.5) is 28.1 Å². The molecule has 5 N–H and O–H groups in total. The van der Waals surface area contributed by atoms with Crippen LogP contribution in [-0.2, 0) is 9.47 Å². The van der Waals surface area contributed by atoms with Crippen LogP contribution in [0.3, 0.4) is 0 Å². The van der Waals surface area contributed by atoms with E-state index in [0.717, 1.165) is 5.56 Å². The van der Waals surface area contributed by atoms with Gasteiger partial charge in [0.05, 0.1) is 19.8 Å². The molecule has 3 aromatic rings. The largest absolute Gasteiger partial charge is 0.380 e. The number of carbonyl (C=O) groups is 2. The molecule has 0 atom stereocenters. The lowest BCUT2D eigenvalue weighted by molar-refractivity contribution is 0.0769. The fraction of sp³-hybridized carbons (Fsp3) is 0.414. The topological polar surface area (TPSA) is 160 Å². The number of rotatable bonds is 13. The number of nitrogens with zero attached hydrogens (tertiary/aromatic N) is 5. The summed E-state index contributed by atoms with van der Waals surface area (Å²) in [6.07, 6.45) is 0. The number of hydrogen-bond acceptors (Lipinski definition) is 10. The Kier molecular flexibility index (Phi) is 11.4. The Morgan fingerprint density at radius 1 is 0.976 bits per heavy atom. The van der Waals surface area contributed by atoms with E-state index in [9.17, 15) is 9.59 Å². The van der Waals surface area contributed by atoms with Crippen molar-refractivity contribution in [2.75, 3.05) is 86.5 Å². The molecule has 13 nitrogen and oxygen atoms in total. The lowest BCUT2D eigenvalue weighted by atomic mass is 10.1. The first-order chi connectivity index (χ1) is 20.5. The summed E-state index contributed by atoms with van der Waals surface area (Å²) in [7, 11) is 0. The van der Waals surface area contributed by atoms with Gasteiger partial charge >= 0.3 is 6.03 Å². The maximum Gasteiger partial charge on any atom is 0.323 e. The molecule has 1 aromatic heterocycles. The number of ether oxygens (including phenoxy) is 2. The second-order valence-corrected chi connectivity index (χ2v) is 9.41. The minimum atomic E-state index is -0.407. The molecule has 0 saturated carbocycles. The minimum absolute atomic E-state index is 0.0947. The SMILES string of the molecule is CCOCCNc1nc(-c2ccc(NC(=O)Nc3ccc(C(=O)N(CC)CCN)cc3)cc2)nc(N2CCOCC2)n1. The van der Waals surface area contributed by atoms with Gasteiger partial charge in [0, 0.05) is 68.4 Å². The van der Waals surface area contributed by atoms with Gasteiger partial charge in [-0.25, -0.2) is 4.79 Å². The summed E-state index contributed by atoms with van der Waals surface area (Å²) < 4.78 is 10.9. The van der Waals surface area contributed by atoms with Crippen LogP contribution in [0, 0.1) is 0 Å². The maximum atomic E-state index is 12.6. The highest BCUT2D eigenvalue weighted by Crippen LogP contribution is 2.22. The smallest absolute Gasteiger partial charge is 0.323 e. The number of carbonyl (C=O) groups excluding carboxylic acids is 2. The molecule has 4 rings (SSSR count). The monoisotopic (exact) mass is 577 g/mol. The molecular weight excluding hydrogens is 538 g/mol. The summed E-state index contributed by atoms with van der Waals surface area (Å²) in [4.78, 5) is 42.9. The third-order valence-electron chi connectivity index (χ3n) is 6.51. The summed E-state index contributed by atoms with van der Waals surface area (Å²) in [6, 6.07) is 13.6. The predicted octanol–water partition coefficient (Wildman–Crippen LogP) is 2.89. The van der Waals surface area contributed by atoms with Crippen LogP contribution in [0.25, 0.3) is 11.4 Å². The Labute approximate surface area is 245 Å². The summed E-state index contributed by atoms with van der Waals surface area (Å²) in [6.45, 7) is 9.71. The molecule has 42 heavy (non-hydrogen) atoms. The third-order valence-corrected chi connectivity index (χ3v) is 6.51. The van der Waals surface area contributed by atoms with E-state index < -0.39 is 6.03 Å². The number of nitrogens with two attached hydrogens (primary N) is 1. The molecule has 0 bridgehead atoms. The van der Waals surface area contributed by atoms with E-state index in [4.69, 9.17) is 20.2 Å². The van der Waals surface area contributed by atoms with Gasteiger partial charge in [-0.2, -0.15) is 15.0 Å². The van der Waals surface area contributed by atoms with Gasteiger partial charge in [0.15, 0.2) is 5.82 Å². The number of likely N-dealkylation sites (N-methyl/N-ethyl adjacent to an activating group) is 1. The van der Waals surface area contributed by atoms with Gasteiger partial charge in [0.2, 0.25) is 11.9 Å². The first kappa shape index (κ1) is 30.6. The number of amides is 3. The van der Waals surface area contributed by atoms with Crippen molar-refractivity contribution in [3.05, 3.63) is 54.1 Å². The first-order valence-corrected chi connectivity index (χ1v) is 14.2. The van der Waals surface area contributed by atoms with Gasteiger partial charge in [0.25, 0.3) is 5.91 Å². The lowest BCUT2D eigenvalue weighted by Crippen LogP contribution is -2.37. The Bertz CT molecular complexity index is 1300. The second-order valence-electron chi connectivity index (χ2n) is 9.41. The zero-order valence-electron chi connectivity index (χ0n) is 24.1. The normalized spacial score (nSPS) is 13.0. The van der Waals surface area contributed by atoms with Crippen LogP contribution in [0.5, 0.6) is 0 Å². The number of morpholine rings is 1. The number of benzene rings is 2. The van der Waals surface area contributed by atoms with Gasteiger partial charge in [-0.3, -0.25) is 4.79 Å². The van der Waals surface area contributed by atoms with Gasteiger partial charge in [-0.15, -0.1) is 0 Å². The van der Waals surface area contributed by atoms with Crippen molar-refractivity contribution < 1.29 is 19.1 Å². The number of anilines is 4. The third kappa shape index (κ3) is 8.59. The molecule has 0 spiro atoms. The molecule has 2 heterocycles. The summed E-state index contributed by atoms with van der Waals surface area (Å²) in [5, 5.41) is 8.83. The summed E-state index contributed by atoms with van der Waals surface area (Å²) >= 11 is 0. The predicted molar refractivity (Wildman–Crippen MR) is 163 cm³/mol. The fourth-order valence-corrected chi connectivity index (χ4v) is 4.29. The average molecular weight is 578 g/mol. The molecule has 0 radical (unpaired) electrons. The van der Waals surface area contributed by atoms with Crippen LogP contribution in [0.2, 0.25) is 0 Å². The molecule has 3 amide bonds. The van der Waals surface area contributed by atoms with Crippen LogP contribution >= 0.6 is 0 Å². The van der Waals surface area contributed by atoms with Crippen molar-refractivity contribution in [1.29, 1.82) is 0 Å². The van der Waals surface area contributed by atoms with Crippen molar-refractivity contribution >= 4 is 35.2 Å². The molecule has 224 valence electrons. The average Bonchev–Trinajstić information content (AvgIpc) is 3.02. The molecule has 0 unspecified atom stereocenters.